The number of hydrogen-bond donors (Lipinski definition) is 1. The molecule has 170 valence electrons. The van der Waals surface area contributed by atoms with Crippen molar-refractivity contribution in [3.63, 3.8) is 0 Å². The number of anilines is 1. The van der Waals surface area contributed by atoms with Gasteiger partial charge in [0.05, 0.1) is 10.8 Å². The van der Waals surface area contributed by atoms with Gasteiger partial charge in [-0.15, -0.1) is 0 Å². The summed E-state index contributed by atoms with van der Waals surface area (Å²) in [6.07, 6.45) is -3.96. The van der Waals surface area contributed by atoms with Crippen molar-refractivity contribution < 1.29 is 35.2 Å². The molecule has 1 N–H and O–H groups in total. The van der Waals surface area contributed by atoms with Crippen molar-refractivity contribution in [2.24, 2.45) is 12.5 Å². The molecule has 2 aromatic rings. The maximum Gasteiger partial charge on any atom is 0.433 e. The Bertz CT molecular complexity index is 1140. The van der Waals surface area contributed by atoms with Crippen molar-refractivity contribution in [3.8, 4) is 0 Å². The molecular weight excluding hydrogens is 469 g/mol. The third-order valence-corrected chi connectivity index (χ3v) is 7.41. The van der Waals surface area contributed by atoms with E-state index in [1.54, 1.807) is 0 Å². The maximum absolute atomic E-state index is 13.2. The van der Waals surface area contributed by atoms with Gasteiger partial charge in [0.15, 0.2) is 9.84 Å². The quantitative estimate of drug-likeness (QED) is 0.630. The minimum atomic E-state index is -4.72. The summed E-state index contributed by atoms with van der Waals surface area (Å²) < 4.78 is 91.5. The minimum absolute atomic E-state index is 0.224. The van der Waals surface area contributed by atoms with Crippen molar-refractivity contribution in [1.29, 1.82) is 0 Å². The van der Waals surface area contributed by atoms with Gasteiger partial charge in [-0.3, -0.25) is 9.78 Å². The topological polar surface area (TPSA) is 81.1 Å². The van der Waals surface area contributed by atoms with Crippen LogP contribution in [0.4, 0.5) is 27.6 Å². The fourth-order valence-corrected chi connectivity index (χ4v) is 6.32. The Morgan fingerprint density at radius 1 is 1.32 bits per heavy atom. The van der Waals surface area contributed by atoms with Crippen LogP contribution in [0, 0.1) is 5.41 Å². The first-order chi connectivity index (χ1) is 14.0. The summed E-state index contributed by atoms with van der Waals surface area (Å²) in [4.78, 5) is 15.3. The molecule has 1 aliphatic rings. The second kappa shape index (κ2) is 7.44. The Labute approximate surface area is 179 Å². The van der Waals surface area contributed by atoms with E-state index in [4.69, 9.17) is 11.6 Å². The zero-order chi connectivity index (χ0) is 23.4. The van der Waals surface area contributed by atoms with Gasteiger partial charge in [0.25, 0.3) is 5.91 Å². The van der Waals surface area contributed by atoms with Crippen molar-refractivity contribution >= 4 is 33.0 Å². The number of aromatic nitrogens is 2. The molecule has 13 heteroatoms. The van der Waals surface area contributed by atoms with E-state index in [0.717, 1.165) is 23.0 Å². The first-order valence-corrected chi connectivity index (χ1v) is 10.9. The zero-order valence-corrected chi connectivity index (χ0v) is 17.8. The molecule has 3 rings (SSSR count). The summed E-state index contributed by atoms with van der Waals surface area (Å²) in [5.41, 5.74) is -2.89. The van der Waals surface area contributed by atoms with Gasteiger partial charge in [0, 0.05) is 38.0 Å². The number of carbonyl (C=O) groups is 1. The summed E-state index contributed by atoms with van der Waals surface area (Å²) in [6, 6.07) is 1.74. The van der Waals surface area contributed by atoms with Crippen molar-refractivity contribution in [1.82, 2.24) is 9.55 Å². The van der Waals surface area contributed by atoms with Gasteiger partial charge in [0.1, 0.15) is 16.3 Å². The third-order valence-electron chi connectivity index (χ3n) is 4.86. The molecule has 2 aromatic heterocycles. The molecule has 0 aliphatic heterocycles. The molecule has 0 unspecified atom stereocenters. The largest absolute Gasteiger partial charge is 0.433 e. The number of pyridine rings is 1. The Morgan fingerprint density at radius 3 is 2.48 bits per heavy atom. The highest BCUT2D eigenvalue weighted by molar-refractivity contribution is 7.91. The number of halogens is 6. The van der Waals surface area contributed by atoms with Gasteiger partial charge in [-0.25, -0.2) is 17.2 Å². The van der Waals surface area contributed by atoms with E-state index in [2.05, 4.69) is 10.3 Å². The van der Waals surface area contributed by atoms with Crippen LogP contribution in [-0.2, 0) is 23.1 Å². The molecule has 0 bridgehead atoms. The normalized spacial score (nSPS) is 17.8. The van der Waals surface area contributed by atoms with Crippen LogP contribution >= 0.6 is 11.6 Å². The van der Waals surface area contributed by atoms with Crippen LogP contribution in [0.25, 0.3) is 0 Å². The van der Waals surface area contributed by atoms with E-state index in [1.165, 1.54) is 14.0 Å². The van der Waals surface area contributed by atoms with E-state index >= 15 is 0 Å². The van der Waals surface area contributed by atoms with Crippen LogP contribution in [0.1, 0.15) is 35.9 Å². The van der Waals surface area contributed by atoms with E-state index in [-0.39, 0.29) is 11.4 Å². The van der Waals surface area contributed by atoms with Crippen LogP contribution < -0.4 is 5.32 Å². The lowest BCUT2D eigenvalue weighted by Crippen LogP contribution is -2.47. The van der Waals surface area contributed by atoms with Gasteiger partial charge in [-0.1, -0.05) is 18.5 Å². The van der Waals surface area contributed by atoms with Crippen LogP contribution in [0.5, 0.6) is 0 Å². The van der Waals surface area contributed by atoms with Crippen molar-refractivity contribution in [3.05, 3.63) is 40.9 Å². The number of carbonyl (C=O) groups excluding carboxylic acids is 1. The Kier molecular flexibility index (Phi) is 5.63. The molecule has 1 amide bonds. The predicted molar refractivity (Wildman–Crippen MR) is 102 cm³/mol. The fourth-order valence-electron chi connectivity index (χ4n) is 3.73. The molecule has 1 fully saturated rings. The van der Waals surface area contributed by atoms with Crippen LogP contribution in [0.2, 0.25) is 5.02 Å². The number of amides is 1. The summed E-state index contributed by atoms with van der Waals surface area (Å²) >= 11 is 6.12. The average molecular weight is 486 g/mol. The third kappa shape index (κ3) is 4.84. The monoisotopic (exact) mass is 485 g/mol. The molecular formula is C18H17ClF5N3O3S. The first kappa shape index (κ1) is 23.5. The number of nitrogens with one attached hydrogen (secondary N) is 1. The molecule has 6 nitrogen and oxygen atoms in total. The molecule has 0 atom stereocenters. The Hall–Kier alpha value is -2.21. The number of nitrogens with zero attached hydrogens (tertiary/aromatic N) is 2. The van der Waals surface area contributed by atoms with Gasteiger partial charge in [0.2, 0.25) is 5.92 Å². The van der Waals surface area contributed by atoms with E-state index in [0.29, 0.717) is 6.07 Å². The van der Waals surface area contributed by atoms with Gasteiger partial charge >= 0.3 is 6.18 Å². The summed E-state index contributed by atoms with van der Waals surface area (Å²) in [5.74, 6) is -4.45. The van der Waals surface area contributed by atoms with E-state index in [9.17, 15) is 35.2 Å². The van der Waals surface area contributed by atoms with Crippen LogP contribution in [-0.4, -0.2) is 35.6 Å². The molecule has 0 spiro atoms. The van der Waals surface area contributed by atoms with Crippen LogP contribution in [0.3, 0.4) is 0 Å². The minimum Gasteiger partial charge on any atom is -0.344 e. The van der Waals surface area contributed by atoms with Crippen LogP contribution in [0.15, 0.2) is 29.4 Å². The number of rotatable bonds is 5. The van der Waals surface area contributed by atoms with Gasteiger partial charge in [-0.2, -0.15) is 13.2 Å². The highest BCUT2D eigenvalue weighted by Gasteiger charge is 2.55. The Morgan fingerprint density at radius 2 is 1.94 bits per heavy atom. The lowest BCUT2D eigenvalue weighted by molar-refractivity contribution is -0.144. The van der Waals surface area contributed by atoms with E-state index in [1.807, 2.05) is 0 Å². The second-order valence-corrected chi connectivity index (χ2v) is 10.3. The number of sulfone groups is 1. The lowest BCUT2D eigenvalue weighted by Gasteiger charge is -2.44. The highest BCUT2D eigenvalue weighted by Crippen LogP contribution is 2.53. The number of aryl methyl sites for hydroxylation is 1. The van der Waals surface area contributed by atoms with Gasteiger partial charge in [-0.05, 0) is 17.5 Å². The molecule has 0 saturated heterocycles. The molecule has 1 saturated carbocycles. The van der Waals surface area contributed by atoms with E-state index < -0.39 is 67.5 Å². The smallest absolute Gasteiger partial charge is 0.344 e. The maximum atomic E-state index is 13.2. The van der Waals surface area contributed by atoms with Crippen molar-refractivity contribution in [2.75, 3.05) is 11.1 Å². The number of hydrogen-bond acceptors (Lipinski definition) is 4. The molecule has 0 aromatic carbocycles. The standard InChI is InChI=1S/C18H17ClF5N3O3S/c1-16(7-17(20,21)8-16)9-31(29,30)11-6-27(2)14(13(11)19)15(28)26-10-3-4-25-12(5-10)18(22,23)24/h3-6H,7-9H2,1-2H3,(H,25,26,28). The first-order valence-electron chi connectivity index (χ1n) is 8.83. The molecule has 2 heterocycles. The van der Waals surface area contributed by atoms with Crippen molar-refractivity contribution in [2.45, 2.75) is 36.8 Å². The van der Waals surface area contributed by atoms with Gasteiger partial charge < -0.3 is 9.88 Å². The number of alkyl halides is 5. The molecule has 0 radical (unpaired) electrons. The summed E-state index contributed by atoms with van der Waals surface area (Å²) in [6.45, 7) is 1.42. The molecule has 31 heavy (non-hydrogen) atoms. The Balaban J connectivity index is 1.85. The average Bonchev–Trinajstić information content (AvgIpc) is 2.87. The highest BCUT2D eigenvalue weighted by atomic mass is 35.5. The second-order valence-electron chi connectivity index (χ2n) is 7.93. The summed E-state index contributed by atoms with van der Waals surface area (Å²) in [7, 11) is -2.79. The lowest BCUT2D eigenvalue weighted by atomic mass is 9.69. The SMILES string of the molecule is Cn1cc(S(=O)(=O)CC2(C)CC(F)(F)C2)c(Cl)c1C(=O)Nc1ccnc(C(F)(F)F)c1. The fraction of sp³-hybridized carbons (Fsp3) is 0.444. The summed E-state index contributed by atoms with van der Waals surface area (Å²) in [5, 5.41) is 1.78. The predicted octanol–water partition coefficient (Wildman–Crippen LogP) is 4.55. The molecule has 1 aliphatic carbocycles. The zero-order valence-electron chi connectivity index (χ0n) is 16.2.